The summed E-state index contributed by atoms with van der Waals surface area (Å²) in [6.45, 7) is 5.08. The highest BCUT2D eigenvalue weighted by Crippen LogP contribution is 2.14. The van der Waals surface area contributed by atoms with Crippen molar-refractivity contribution in [1.29, 1.82) is 0 Å². The van der Waals surface area contributed by atoms with E-state index in [0.29, 0.717) is 13.1 Å². The third kappa shape index (κ3) is 4.40. The molecule has 6 nitrogen and oxygen atoms in total. The topological polar surface area (TPSA) is 82.5 Å². The molecular weight excluding hydrogens is 270 g/mol. The van der Waals surface area contributed by atoms with Gasteiger partial charge in [-0.15, -0.1) is 0 Å². The first-order valence-corrected chi connectivity index (χ1v) is 6.28. The molecule has 0 spiro atoms. The van der Waals surface area contributed by atoms with E-state index in [9.17, 15) is 9.59 Å². The number of nitrogens with zero attached hydrogens (tertiary/aromatic N) is 2. The summed E-state index contributed by atoms with van der Waals surface area (Å²) in [5.41, 5.74) is 0.0257. The zero-order chi connectivity index (χ0) is 14.4. The fourth-order valence-corrected chi connectivity index (χ4v) is 1.77. The largest absolute Gasteiger partial charge is 0.478 e. The number of amides is 1. The standard InChI is InChI=1S/C12H16ClN3O3/c1-3-16(4-2)11(17)7-14-10-6-8(12(18)19)5-9(13)15-10/h5-6H,3-4,7H2,1-2H3,(H,14,15)(H,18,19). The number of anilines is 1. The number of halogens is 1. The summed E-state index contributed by atoms with van der Waals surface area (Å²) in [5.74, 6) is -0.906. The summed E-state index contributed by atoms with van der Waals surface area (Å²) in [6.07, 6.45) is 0. The SMILES string of the molecule is CCN(CC)C(=O)CNc1cc(C(=O)O)cc(Cl)n1. The third-order valence-electron chi connectivity index (χ3n) is 2.58. The lowest BCUT2D eigenvalue weighted by molar-refractivity contribution is -0.128. The van der Waals surface area contributed by atoms with Gasteiger partial charge in [0.2, 0.25) is 5.91 Å². The van der Waals surface area contributed by atoms with Crippen molar-refractivity contribution in [2.45, 2.75) is 13.8 Å². The molecule has 0 aliphatic heterocycles. The number of nitrogens with one attached hydrogen (secondary N) is 1. The molecular formula is C12H16ClN3O3. The van der Waals surface area contributed by atoms with Gasteiger partial charge in [0.25, 0.3) is 0 Å². The lowest BCUT2D eigenvalue weighted by atomic mass is 10.2. The highest BCUT2D eigenvalue weighted by atomic mass is 35.5. The van der Waals surface area contributed by atoms with E-state index < -0.39 is 5.97 Å². The number of likely N-dealkylation sites (N-methyl/N-ethyl adjacent to an activating group) is 1. The molecule has 0 aliphatic rings. The molecule has 0 saturated heterocycles. The lowest BCUT2D eigenvalue weighted by Gasteiger charge is -2.18. The number of aromatic nitrogens is 1. The van der Waals surface area contributed by atoms with Gasteiger partial charge in [-0.2, -0.15) is 0 Å². The second-order valence-electron chi connectivity index (χ2n) is 3.79. The van der Waals surface area contributed by atoms with Crippen molar-refractivity contribution in [3.05, 3.63) is 22.8 Å². The smallest absolute Gasteiger partial charge is 0.335 e. The van der Waals surface area contributed by atoms with Crippen molar-refractivity contribution >= 4 is 29.3 Å². The first-order valence-electron chi connectivity index (χ1n) is 5.90. The number of hydrogen-bond acceptors (Lipinski definition) is 4. The summed E-state index contributed by atoms with van der Waals surface area (Å²) < 4.78 is 0. The molecule has 104 valence electrons. The van der Waals surface area contributed by atoms with Crippen LogP contribution in [0.5, 0.6) is 0 Å². The molecule has 1 aromatic rings. The van der Waals surface area contributed by atoms with Crippen LogP contribution in [0.4, 0.5) is 5.82 Å². The van der Waals surface area contributed by atoms with Crippen LogP contribution < -0.4 is 5.32 Å². The number of pyridine rings is 1. The quantitative estimate of drug-likeness (QED) is 0.778. The van der Waals surface area contributed by atoms with E-state index in [1.54, 1.807) is 4.90 Å². The summed E-state index contributed by atoms with van der Waals surface area (Å²) in [5, 5.41) is 11.7. The van der Waals surface area contributed by atoms with Gasteiger partial charge in [-0.05, 0) is 26.0 Å². The molecule has 1 aromatic heterocycles. The second kappa shape index (κ2) is 6.94. The monoisotopic (exact) mass is 285 g/mol. The van der Waals surface area contributed by atoms with Crippen molar-refractivity contribution in [3.63, 3.8) is 0 Å². The van der Waals surface area contributed by atoms with Gasteiger partial charge in [0, 0.05) is 13.1 Å². The zero-order valence-electron chi connectivity index (χ0n) is 10.8. The molecule has 2 N–H and O–H groups in total. The maximum Gasteiger partial charge on any atom is 0.335 e. The molecule has 0 bridgehead atoms. The van der Waals surface area contributed by atoms with Gasteiger partial charge in [0.05, 0.1) is 12.1 Å². The molecule has 1 heterocycles. The van der Waals surface area contributed by atoms with E-state index in [1.165, 1.54) is 12.1 Å². The van der Waals surface area contributed by atoms with Crippen LogP contribution in [0.2, 0.25) is 5.15 Å². The van der Waals surface area contributed by atoms with E-state index in [4.69, 9.17) is 16.7 Å². The summed E-state index contributed by atoms with van der Waals surface area (Å²) in [4.78, 5) is 28.2. The van der Waals surface area contributed by atoms with Crippen LogP contribution in [0.3, 0.4) is 0 Å². The number of carbonyl (C=O) groups excluding carboxylic acids is 1. The summed E-state index contributed by atoms with van der Waals surface area (Å²) in [7, 11) is 0. The van der Waals surface area contributed by atoms with Crippen molar-refractivity contribution in [3.8, 4) is 0 Å². The number of carboxylic acids is 1. The Balaban J connectivity index is 2.72. The Hall–Kier alpha value is -1.82. The molecule has 0 aliphatic carbocycles. The van der Waals surface area contributed by atoms with E-state index in [0.717, 1.165) is 0 Å². The lowest BCUT2D eigenvalue weighted by Crippen LogP contribution is -2.35. The van der Waals surface area contributed by atoms with Gasteiger partial charge in [-0.3, -0.25) is 4.79 Å². The fraction of sp³-hybridized carbons (Fsp3) is 0.417. The molecule has 7 heteroatoms. The van der Waals surface area contributed by atoms with Gasteiger partial charge in [0.15, 0.2) is 0 Å². The molecule has 0 fully saturated rings. The van der Waals surface area contributed by atoms with Crippen LogP contribution in [0.15, 0.2) is 12.1 Å². The van der Waals surface area contributed by atoms with Crippen molar-refractivity contribution in [2.24, 2.45) is 0 Å². The van der Waals surface area contributed by atoms with Crippen LogP contribution in [-0.2, 0) is 4.79 Å². The minimum absolute atomic E-state index is 0.0257. The maximum atomic E-state index is 11.8. The van der Waals surface area contributed by atoms with Crippen LogP contribution in [-0.4, -0.2) is 46.5 Å². The van der Waals surface area contributed by atoms with E-state index >= 15 is 0 Å². The number of hydrogen-bond donors (Lipinski definition) is 2. The first-order chi connectivity index (χ1) is 8.97. The maximum absolute atomic E-state index is 11.8. The molecule has 19 heavy (non-hydrogen) atoms. The minimum atomic E-state index is -1.09. The minimum Gasteiger partial charge on any atom is -0.478 e. The normalized spacial score (nSPS) is 10.1. The number of aromatic carboxylic acids is 1. The van der Waals surface area contributed by atoms with E-state index in [2.05, 4.69) is 10.3 Å². The third-order valence-corrected chi connectivity index (χ3v) is 2.77. The average Bonchev–Trinajstić information content (AvgIpc) is 2.37. The van der Waals surface area contributed by atoms with Crippen molar-refractivity contribution in [2.75, 3.05) is 25.0 Å². The summed E-state index contributed by atoms with van der Waals surface area (Å²) in [6, 6.07) is 2.59. The van der Waals surface area contributed by atoms with Crippen LogP contribution >= 0.6 is 11.6 Å². The van der Waals surface area contributed by atoms with Crippen molar-refractivity contribution in [1.82, 2.24) is 9.88 Å². The molecule has 0 atom stereocenters. The Bertz CT molecular complexity index is 475. The molecule has 0 radical (unpaired) electrons. The Kier molecular flexibility index (Phi) is 5.57. The fourth-order valence-electron chi connectivity index (χ4n) is 1.57. The number of rotatable bonds is 6. The zero-order valence-corrected chi connectivity index (χ0v) is 11.6. The molecule has 1 amide bonds. The first kappa shape index (κ1) is 15.2. The Morgan fingerprint density at radius 3 is 2.53 bits per heavy atom. The van der Waals surface area contributed by atoms with Crippen LogP contribution in [0.1, 0.15) is 24.2 Å². The van der Waals surface area contributed by atoms with Crippen molar-refractivity contribution < 1.29 is 14.7 Å². The van der Waals surface area contributed by atoms with Gasteiger partial charge in [-0.1, -0.05) is 11.6 Å². The number of carboxylic acid groups (broad SMARTS) is 1. The predicted molar refractivity (Wildman–Crippen MR) is 72.6 cm³/mol. The Morgan fingerprint density at radius 1 is 1.37 bits per heavy atom. The van der Waals surface area contributed by atoms with Crippen LogP contribution in [0, 0.1) is 0 Å². The predicted octanol–water partition coefficient (Wildman–Crippen LogP) is 1.71. The van der Waals surface area contributed by atoms with Gasteiger partial charge >= 0.3 is 5.97 Å². The highest BCUT2D eigenvalue weighted by Gasteiger charge is 2.11. The second-order valence-corrected chi connectivity index (χ2v) is 4.18. The molecule has 1 rings (SSSR count). The average molecular weight is 286 g/mol. The van der Waals surface area contributed by atoms with E-state index in [-0.39, 0.29) is 29.0 Å². The van der Waals surface area contributed by atoms with Crippen LogP contribution in [0.25, 0.3) is 0 Å². The van der Waals surface area contributed by atoms with E-state index in [1.807, 2.05) is 13.8 Å². The molecule has 0 aromatic carbocycles. The van der Waals surface area contributed by atoms with Gasteiger partial charge < -0.3 is 15.3 Å². The summed E-state index contributed by atoms with van der Waals surface area (Å²) >= 11 is 5.72. The number of carbonyl (C=O) groups is 2. The van der Waals surface area contributed by atoms with Gasteiger partial charge in [-0.25, -0.2) is 9.78 Å². The molecule has 0 unspecified atom stereocenters. The molecule has 0 saturated carbocycles. The highest BCUT2D eigenvalue weighted by molar-refractivity contribution is 6.29. The Morgan fingerprint density at radius 2 is 2.00 bits per heavy atom. The van der Waals surface area contributed by atoms with Gasteiger partial charge in [0.1, 0.15) is 11.0 Å². The Labute approximate surface area is 116 Å².